The molecule has 0 atom stereocenters. The van der Waals surface area contributed by atoms with Crippen molar-refractivity contribution in [2.24, 2.45) is 23.2 Å². The molecule has 4 fully saturated rings. The minimum Gasteiger partial charge on any atom is -0.478 e. The van der Waals surface area contributed by atoms with Crippen LogP contribution in [-0.4, -0.2) is 27.0 Å². The van der Waals surface area contributed by atoms with Crippen molar-refractivity contribution >= 4 is 33.5 Å². The Morgan fingerprint density at radius 3 is 2.39 bits per heavy atom. The van der Waals surface area contributed by atoms with Crippen LogP contribution < -0.4 is 5.32 Å². The van der Waals surface area contributed by atoms with E-state index in [9.17, 15) is 14.7 Å². The summed E-state index contributed by atoms with van der Waals surface area (Å²) in [5, 5.41) is 12.2. The number of aryl methyl sites for hydroxylation is 1. The van der Waals surface area contributed by atoms with Crippen LogP contribution in [0.1, 0.15) is 71.5 Å². The summed E-state index contributed by atoms with van der Waals surface area (Å²) in [5.74, 6) is 1.97. The summed E-state index contributed by atoms with van der Waals surface area (Å²) in [6.07, 6.45) is 10.1. The summed E-state index contributed by atoms with van der Waals surface area (Å²) in [4.78, 5) is 33.0. The van der Waals surface area contributed by atoms with Crippen molar-refractivity contribution in [2.45, 2.75) is 51.4 Å². The number of carboxylic acid groups (broad SMARTS) is 1. The van der Waals surface area contributed by atoms with Gasteiger partial charge in [0.25, 0.3) is 5.91 Å². The van der Waals surface area contributed by atoms with Gasteiger partial charge in [-0.3, -0.25) is 4.79 Å². The van der Waals surface area contributed by atoms with Crippen LogP contribution >= 0.6 is 15.9 Å². The van der Waals surface area contributed by atoms with E-state index in [-0.39, 0.29) is 11.5 Å². The van der Waals surface area contributed by atoms with Gasteiger partial charge in [0.15, 0.2) is 0 Å². The molecule has 186 valence electrons. The second-order valence-electron chi connectivity index (χ2n) is 11.2. The van der Waals surface area contributed by atoms with Crippen molar-refractivity contribution in [3.8, 4) is 11.4 Å². The number of aromatic nitrogens is 2. The van der Waals surface area contributed by atoms with E-state index < -0.39 is 5.97 Å². The van der Waals surface area contributed by atoms with Gasteiger partial charge in [0.05, 0.1) is 5.56 Å². The molecule has 4 saturated carbocycles. The van der Waals surface area contributed by atoms with Crippen molar-refractivity contribution in [3.63, 3.8) is 0 Å². The van der Waals surface area contributed by atoms with E-state index in [1.807, 2.05) is 24.3 Å². The zero-order chi connectivity index (χ0) is 24.9. The number of hydrogen-bond donors (Lipinski definition) is 3. The lowest BCUT2D eigenvalue weighted by Crippen LogP contribution is -2.46. The largest absolute Gasteiger partial charge is 0.478 e. The van der Waals surface area contributed by atoms with Crippen molar-refractivity contribution in [3.05, 3.63) is 70.0 Å². The lowest BCUT2D eigenvalue weighted by atomic mass is 9.48. The van der Waals surface area contributed by atoms with Crippen LogP contribution in [0.15, 0.2) is 53.0 Å². The summed E-state index contributed by atoms with van der Waals surface area (Å²) in [5.41, 5.74) is 3.11. The average molecular weight is 548 g/mol. The Hall–Kier alpha value is -2.93. The summed E-state index contributed by atoms with van der Waals surface area (Å²) < 4.78 is 0.910. The number of anilines is 1. The molecule has 4 bridgehead atoms. The molecular weight excluding hydrogens is 518 g/mol. The Morgan fingerprint density at radius 2 is 1.72 bits per heavy atom. The third-order valence-electron chi connectivity index (χ3n) is 8.56. The molecular formula is C29H30BrN3O3. The topological polar surface area (TPSA) is 95.1 Å². The molecule has 1 aromatic heterocycles. The van der Waals surface area contributed by atoms with Crippen molar-refractivity contribution in [1.82, 2.24) is 9.97 Å². The Balaban J connectivity index is 1.29. The normalized spacial score (nSPS) is 26.2. The minimum atomic E-state index is -1.03. The number of aromatic carboxylic acids is 1. The monoisotopic (exact) mass is 547 g/mol. The van der Waals surface area contributed by atoms with Crippen LogP contribution in [0, 0.1) is 23.2 Å². The molecule has 7 heteroatoms. The van der Waals surface area contributed by atoms with Crippen LogP contribution in [0.2, 0.25) is 0 Å². The molecule has 4 aliphatic rings. The third-order valence-corrected chi connectivity index (χ3v) is 9.25. The minimum absolute atomic E-state index is 0.130. The molecule has 3 aromatic rings. The number of hydrogen-bond acceptors (Lipinski definition) is 3. The maximum atomic E-state index is 13.4. The first-order valence-electron chi connectivity index (χ1n) is 12.9. The number of nitrogens with zero attached hydrogens (tertiary/aromatic N) is 1. The van der Waals surface area contributed by atoms with E-state index in [4.69, 9.17) is 4.98 Å². The number of imidazole rings is 1. The first kappa shape index (κ1) is 23.5. The van der Waals surface area contributed by atoms with Crippen LogP contribution in [0.4, 0.5) is 5.69 Å². The van der Waals surface area contributed by atoms with Gasteiger partial charge in [0, 0.05) is 21.4 Å². The van der Waals surface area contributed by atoms with E-state index in [1.165, 1.54) is 50.7 Å². The van der Waals surface area contributed by atoms with E-state index in [2.05, 4.69) is 26.2 Å². The first-order chi connectivity index (χ1) is 17.4. The molecule has 6 nitrogen and oxygen atoms in total. The van der Waals surface area contributed by atoms with Gasteiger partial charge in [0.2, 0.25) is 0 Å². The molecule has 0 saturated heterocycles. The van der Waals surface area contributed by atoms with Crippen molar-refractivity contribution in [2.75, 3.05) is 5.32 Å². The van der Waals surface area contributed by atoms with E-state index >= 15 is 0 Å². The quantitative estimate of drug-likeness (QED) is 0.298. The standard InChI is InChI=1S/C29H30BrN3O3/c30-23-7-2-1-6-22(23)26-32-24(8-9-29-14-17-10-18(15-29)12-19(11-17)16-29)25(33-26)27(34)31-21-5-3-4-20(13-21)28(35)36/h1-7,13,17-19H,8-12,14-16H2,(H,31,34)(H,32,33)(H,35,36). The number of nitrogens with one attached hydrogen (secondary N) is 2. The number of benzene rings is 2. The fourth-order valence-corrected chi connectivity index (χ4v) is 7.94. The summed E-state index contributed by atoms with van der Waals surface area (Å²) in [7, 11) is 0. The summed E-state index contributed by atoms with van der Waals surface area (Å²) in [6.45, 7) is 0. The van der Waals surface area contributed by atoms with Crippen molar-refractivity contribution < 1.29 is 14.7 Å². The van der Waals surface area contributed by atoms with Gasteiger partial charge in [-0.1, -0.05) is 40.2 Å². The van der Waals surface area contributed by atoms with Gasteiger partial charge >= 0.3 is 5.97 Å². The van der Waals surface area contributed by atoms with Crippen LogP contribution in [0.25, 0.3) is 11.4 Å². The van der Waals surface area contributed by atoms with Crippen LogP contribution in [0.3, 0.4) is 0 Å². The van der Waals surface area contributed by atoms with Crippen LogP contribution in [0.5, 0.6) is 0 Å². The second-order valence-corrected chi connectivity index (χ2v) is 12.0. The van der Waals surface area contributed by atoms with E-state index in [0.717, 1.165) is 46.3 Å². The Kier molecular flexibility index (Phi) is 5.98. The molecule has 1 amide bonds. The predicted molar refractivity (Wildman–Crippen MR) is 142 cm³/mol. The Morgan fingerprint density at radius 1 is 1.03 bits per heavy atom. The second kappa shape index (κ2) is 9.18. The molecule has 3 N–H and O–H groups in total. The highest BCUT2D eigenvalue weighted by molar-refractivity contribution is 9.10. The number of aromatic amines is 1. The van der Waals surface area contributed by atoms with Crippen molar-refractivity contribution in [1.29, 1.82) is 0 Å². The highest BCUT2D eigenvalue weighted by atomic mass is 79.9. The zero-order valence-corrected chi connectivity index (χ0v) is 21.7. The number of carboxylic acids is 1. The zero-order valence-electron chi connectivity index (χ0n) is 20.1. The number of carbonyl (C=O) groups excluding carboxylic acids is 1. The first-order valence-corrected chi connectivity index (χ1v) is 13.7. The summed E-state index contributed by atoms with van der Waals surface area (Å²) >= 11 is 3.61. The molecule has 0 spiro atoms. The fourth-order valence-electron chi connectivity index (χ4n) is 7.47. The van der Waals surface area contributed by atoms with Gasteiger partial charge < -0.3 is 15.4 Å². The molecule has 7 rings (SSSR count). The van der Waals surface area contributed by atoms with E-state index in [1.54, 1.807) is 12.1 Å². The van der Waals surface area contributed by atoms with Crippen LogP contribution in [-0.2, 0) is 6.42 Å². The molecule has 4 aliphatic carbocycles. The molecule has 0 aliphatic heterocycles. The number of halogens is 1. The lowest BCUT2D eigenvalue weighted by molar-refractivity contribution is -0.0570. The Bertz CT molecular complexity index is 1300. The molecule has 2 aromatic carbocycles. The summed E-state index contributed by atoms with van der Waals surface area (Å²) in [6, 6.07) is 14.1. The number of amides is 1. The lowest BCUT2D eigenvalue weighted by Gasteiger charge is -2.57. The van der Waals surface area contributed by atoms with Gasteiger partial charge in [-0.2, -0.15) is 0 Å². The van der Waals surface area contributed by atoms with E-state index in [0.29, 0.717) is 22.6 Å². The fraction of sp³-hybridized carbons (Fsp3) is 0.414. The van der Waals surface area contributed by atoms with Gasteiger partial charge in [-0.25, -0.2) is 9.78 Å². The number of carbonyl (C=O) groups is 2. The highest BCUT2D eigenvalue weighted by Gasteiger charge is 2.50. The maximum Gasteiger partial charge on any atom is 0.335 e. The number of rotatable bonds is 7. The third kappa shape index (κ3) is 4.49. The maximum absolute atomic E-state index is 13.4. The van der Waals surface area contributed by atoms with Gasteiger partial charge in [-0.05, 0) is 98.8 Å². The highest BCUT2D eigenvalue weighted by Crippen LogP contribution is 2.61. The predicted octanol–water partition coefficient (Wildman–Crippen LogP) is 6.94. The molecule has 0 radical (unpaired) electrons. The van der Waals surface area contributed by atoms with Gasteiger partial charge in [-0.15, -0.1) is 0 Å². The molecule has 1 heterocycles. The number of H-pyrrole nitrogens is 1. The molecule has 0 unspecified atom stereocenters. The molecule has 36 heavy (non-hydrogen) atoms. The SMILES string of the molecule is O=C(O)c1cccc(NC(=O)c2nc(-c3ccccc3Br)[nH]c2CCC23CC4CC(CC(C4)C2)C3)c1. The average Bonchev–Trinajstić information content (AvgIpc) is 3.27. The Labute approximate surface area is 219 Å². The smallest absolute Gasteiger partial charge is 0.335 e. The van der Waals surface area contributed by atoms with Gasteiger partial charge in [0.1, 0.15) is 11.5 Å².